The molecule has 0 radical (unpaired) electrons. The van der Waals surface area contributed by atoms with Crippen molar-refractivity contribution < 1.29 is 14.3 Å². The highest BCUT2D eigenvalue weighted by atomic mass is 35.5. The Hall–Kier alpha value is -2.40. The van der Waals surface area contributed by atoms with Gasteiger partial charge in [-0.1, -0.05) is 17.7 Å². The second kappa shape index (κ2) is 6.37. The third kappa shape index (κ3) is 3.79. The van der Waals surface area contributed by atoms with Crippen molar-refractivity contribution in [3.63, 3.8) is 0 Å². The molecule has 4 nitrogen and oxygen atoms in total. The fourth-order valence-corrected chi connectivity index (χ4v) is 2.00. The van der Waals surface area contributed by atoms with Gasteiger partial charge in [0.25, 0.3) is 5.91 Å². The minimum atomic E-state index is -0.552. The molecule has 0 bridgehead atoms. The van der Waals surface area contributed by atoms with Crippen molar-refractivity contribution in [3.05, 3.63) is 63.9 Å². The highest BCUT2D eigenvalue weighted by Gasteiger charge is 2.07. The van der Waals surface area contributed by atoms with E-state index in [4.69, 9.17) is 11.6 Å². The zero-order valence-corrected chi connectivity index (χ0v) is 11.9. The van der Waals surface area contributed by atoms with Gasteiger partial charge in [0.15, 0.2) is 0 Å². The summed E-state index contributed by atoms with van der Waals surface area (Å²) in [5, 5.41) is 13.7. The van der Waals surface area contributed by atoms with Crippen LogP contribution in [0, 0.1) is 12.7 Å². The lowest BCUT2D eigenvalue weighted by atomic mass is 10.1. The molecule has 2 N–H and O–H groups in total. The van der Waals surface area contributed by atoms with E-state index in [1.54, 1.807) is 12.1 Å². The number of amides is 1. The molecule has 0 unspecified atom stereocenters. The molecule has 2 aromatic carbocycles. The first-order chi connectivity index (χ1) is 9.97. The Morgan fingerprint density at radius 2 is 2.14 bits per heavy atom. The number of aromatic hydroxyl groups is 1. The topological polar surface area (TPSA) is 61.7 Å². The van der Waals surface area contributed by atoms with Gasteiger partial charge in [0.05, 0.1) is 11.2 Å². The summed E-state index contributed by atoms with van der Waals surface area (Å²) in [6.07, 6.45) is 1.27. The number of hydrogen-bond donors (Lipinski definition) is 2. The van der Waals surface area contributed by atoms with Gasteiger partial charge in [-0.2, -0.15) is 5.10 Å². The van der Waals surface area contributed by atoms with Crippen LogP contribution in [-0.4, -0.2) is 17.2 Å². The Labute approximate surface area is 125 Å². The number of halogens is 2. The van der Waals surface area contributed by atoms with Gasteiger partial charge in [-0.25, -0.2) is 9.82 Å². The lowest BCUT2D eigenvalue weighted by Gasteiger charge is -2.03. The van der Waals surface area contributed by atoms with Crippen LogP contribution < -0.4 is 5.43 Å². The van der Waals surface area contributed by atoms with Crippen molar-refractivity contribution in [1.29, 1.82) is 0 Å². The molecule has 2 aromatic rings. The van der Waals surface area contributed by atoms with Gasteiger partial charge in [-0.3, -0.25) is 4.79 Å². The summed E-state index contributed by atoms with van der Waals surface area (Å²) in [6, 6.07) is 8.52. The Balaban J connectivity index is 2.11. The summed E-state index contributed by atoms with van der Waals surface area (Å²) < 4.78 is 13.0. The summed E-state index contributed by atoms with van der Waals surface area (Å²) in [5.74, 6) is -1.18. The van der Waals surface area contributed by atoms with Gasteiger partial charge < -0.3 is 5.11 Å². The summed E-state index contributed by atoms with van der Waals surface area (Å²) in [4.78, 5) is 11.7. The number of nitrogens with zero attached hydrogens (tertiary/aromatic N) is 1. The van der Waals surface area contributed by atoms with Crippen LogP contribution in [0.2, 0.25) is 5.02 Å². The monoisotopic (exact) mass is 306 g/mol. The van der Waals surface area contributed by atoms with E-state index in [-0.39, 0.29) is 16.3 Å². The number of nitrogens with one attached hydrogen (secondary N) is 1. The molecule has 0 saturated carbocycles. The molecule has 108 valence electrons. The van der Waals surface area contributed by atoms with Crippen molar-refractivity contribution in [2.75, 3.05) is 0 Å². The summed E-state index contributed by atoms with van der Waals surface area (Å²) in [6.45, 7) is 1.81. The van der Waals surface area contributed by atoms with Gasteiger partial charge in [0.2, 0.25) is 0 Å². The van der Waals surface area contributed by atoms with Crippen molar-refractivity contribution in [2.45, 2.75) is 6.92 Å². The van der Waals surface area contributed by atoms with Crippen LogP contribution in [-0.2, 0) is 0 Å². The SMILES string of the molecule is Cc1cc(Cl)c(O)c(/C=N/NC(=O)c2cccc(F)c2)c1. The molecule has 0 aliphatic rings. The lowest BCUT2D eigenvalue weighted by molar-refractivity contribution is 0.0954. The maximum absolute atomic E-state index is 13.0. The maximum Gasteiger partial charge on any atom is 0.271 e. The van der Waals surface area contributed by atoms with Crippen LogP contribution in [0.4, 0.5) is 4.39 Å². The number of carbonyl (C=O) groups excluding carboxylic acids is 1. The number of aryl methyl sites for hydroxylation is 1. The lowest BCUT2D eigenvalue weighted by Crippen LogP contribution is -2.17. The van der Waals surface area contributed by atoms with Crippen LogP contribution in [0.5, 0.6) is 5.75 Å². The predicted octanol–water partition coefficient (Wildman–Crippen LogP) is 3.26. The molecule has 0 fully saturated rings. The number of carbonyl (C=O) groups is 1. The minimum absolute atomic E-state index is 0.119. The number of benzene rings is 2. The van der Waals surface area contributed by atoms with E-state index in [2.05, 4.69) is 10.5 Å². The molecule has 1 amide bonds. The molecule has 0 spiro atoms. The van der Waals surface area contributed by atoms with Crippen LogP contribution in [0.25, 0.3) is 0 Å². The van der Waals surface area contributed by atoms with Crippen LogP contribution >= 0.6 is 11.6 Å². The molecule has 0 aromatic heterocycles. The summed E-state index contributed by atoms with van der Waals surface area (Å²) >= 11 is 5.83. The van der Waals surface area contributed by atoms with Gasteiger partial charge in [-0.05, 0) is 42.8 Å². The standard InChI is InChI=1S/C15H12ClFN2O2/c1-9-5-11(14(20)13(16)6-9)8-18-19-15(21)10-3-2-4-12(17)7-10/h2-8,20H,1H3,(H,19,21)/b18-8+. The second-order valence-electron chi connectivity index (χ2n) is 4.39. The van der Waals surface area contributed by atoms with Crippen LogP contribution in [0.1, 0.15) is 21.5 Å². The average Bonchev–Trinajstić information content (AvgIpc) is 2.43. The number of hydrogen-bond acceptors (Lipinski definition) is 3. The van der Waals surface area contributed by atoms with Crippen LogP contribution in [0.3, 0.4) is 0 Å². The third-order valence-corrected chi connectivity index (χ3v) is 2.98. The fourth-order valence-electron chi connectivity index (χ4n) is 1.71. The zero-order chi connectivity index (χ0) is 15.4. The molecular weight excluding hydrogens is 295 g/mol. The Morgan fingerprint density at radius 1 is 1.38 bits per heavy atom. The van der Waals surface area contributed by atoms with Gasteiger partial charge in [0, 0.05) is 11.1 Å². The molecule has 0 atom stereocenters. The molecule has 0 aliphatic carbocycles. The molecule has 0 aliphatic heterocycles. The molecule has 21 heavy (non-hydrogen) atoms. The number of rotatable bonds is 3. The Morgan fingerprint density at radius 3 is 2.86 bits per heavy atom. The minimum Gasteiger partial charge on any atom is -0.506 e. The molecule has 0 heterocycles. The quantitative estimate of drug-likeness (QED) is 0.675. The first-order valence-corrected chi connectivity index (χ1v) is 6.43. The molecule has 0 saturated heterocycles. The Kier molecular flexibility index (Phi) is 4.55. The van der Waals surface area contributed by atoms with Gasteiger partial charge in [0.1, 0.15) is 11.6 Å². The fraction of sp³-hybridized carbons (Fsp3) is 0.0667. The van der Waals surface area contributed by atoms with Crippen LogP contribution in [0.15, 0.2) is 41.5 Å². The smallest absolute Gasteiger partial charge is 0.271 e. The van der Waals surface area contributed by atoms with Crippen molar-refractivity contribution in [3.8, 4) is 5.75 Å². The Bertz CT molecular complexity index is 717. The van der Waals surface area contributed by atoms with Gasteiger partial charge >= 0.3 is 0 Å². The molecule has 6 heteroatoms. The summed E-state index contributed by atoms with van der Waals surface area (Å²) in [5.41, 5.74) is 3.62. The number of phenols is 1. The van der Waals surface area contributed by atoms with Crippen molar-refractivity contribution in [1.82, 2.24) is 5.43 Å². The van der Waals surface area contributed by atoms with E-state index >= 15 is 0 Å². The van der Waals surface area contributed by atoms with Crippen molar-refractivity contribution >= 4 is 23.7 Å². The largest absolute Gasteiger partial charge is 0.506 e. The summed E-state index contributed by atoms with van der Waals surface area (Å²) in [7, 11) is 0. The molecular formula is C15H12ClFN2O2. The average molecular weight is 307 g/mol. The molecule has 2 rings (SSSR count). The highest BCUT2D eigenvalue weighted by Crippen LogP contribution is 2.27. The zero-order valence-electron chi connectivity index (χ0n) is 11.1. The van der Waals surface area contributed by atoms with E-state index in [0.29, 0.717) is 5.56 Å². The number of phenolic OH excluding ortho intramolecular Hbond substituents is 1. The predicted molar refractivity (Wildman–Crippen MR) is 79.3 cm³/mol. The maximum atomic E-state index is 13.0. The third-order valence-electron chi connectivity index (χ3n) is 2.69. The highest BCUT2D eigenvalue weighted by molar-refractivity contribution is 6.32. The van der Waals surface area contributed by atoms with Crippen molar-refractivity contribution in [2.24, 2.45) is 5.10 Å². The van der Waals surface area contributed by atoms with E-state index in [1.807, 2.05) is 6.92 Å². The normalized spacial score (nSPS) is 10.8. The second-order valence-corrected chi connectivity index (χ2v) is 4.80. The number of hydrazone groups is 1. The van der Waals surface area contributed by atoms with E-state index in [9.17, 15) is 14.3 Å². The van der Waals surface area contributed by atoms with E-state index in [1.165, 1.54) is 24.4 Å². The van der Waals surface area contributed by atoms with Gasteiger partial charge in [-0.15, -0.1) is 0 Å². The van der Waals surface area contributed by atoms with E-state index in [0.717, 1.165) is 11.6 Å². The van der Waals surface area contributed by atoms with E-state index < -0.39 is 11.7 Å². The first-order valence-electron chi connectivity index (χ1n) is 6.05. The first kappa shape index (κ1) is 15.0.